The zero-order valence-electron chi connectivity index (χ0n) is 14.0. The quantitative estimate of drug-likeness (QED) is 0.285. The maximum absolute atomic E-state index is 12.2. The fraction of sp³-hybridized carbons (Fsp3) is 0. The molecule has 0 aliphatic rings. The van der Waals surface area contributed by atoms with E-state index in [0.29, 0.717) is 21.5 Å². The van der Waals surface area contributed by atoms with Crippen molar-refractivity contribution in [1.29, 1.82) is 0 Å². The Bertz CT molecular complexity index is 1210. The van der Waals surface area contributed by atoms with Gasteiger partial charge >= 0.3 is 11.6 Å². The van der Waals surface area contributed by atoms with Gasteiger partial charge in [-0.2, -0.15) is 5.10 Å². The molecule has 148 valence electrons. The summed E-state index contributed by atoms with van der Waals surface area (Å²) in [5, 5.41) is 36.0. The van der Waals surface area contributed by atoms with Crippen molar-refractivity contribution >= 4 is 66.3 Å². The minimum Gasteiger partial charge on any atom is -0.502 e. The smallest absolute Gasteiger partial charge is 0.318 e. The van der Waals surface area contributed by atoms with Crippen LogP contribution in [0.3, 0.4) is 0 Å². The number of halogens is 2. The highest BCUT2D eigenvalue weighted by atomic mass is 79.9. The van der Waals surface area contributed by atoms with Crippen LogP contribution in [0.15, 0.2) is 48.8 Å². The molecule has 0 saturated heterocycles. The van der Waals surface area contributed by atoms with Crippen molar-refractivity contribution < 1.29 is 24.2 Å². The zero-order valence-corrected chi connectivity index (χ0v) is 17.1. The molecule has 2 aromatic carbocycles. The van der Waals surface area contributed by atoms with Crippen molar-refractivity contribution in [3.8, 4) is 5.75 Å². The van der Waals surface area contributed by atoms with Gasteiger partial charge in [0.1, 0.15) is 5.58 Å². The molecule has 0 fully saturated rings. The topological polar surface area (TPSA) is 161 Å². The van der Waals surface area contributed by atoms with E-state index in [4.69, 9.17) is 4.42 Å². The maximum Gasteiger partial charge on any atom is 0.318 e. The predicted molar refractivity (Wildman–Crippen MR) is 108 cm³/mol. The summed E-state index contributed by atoms with van der Waals surface area (Å²) in [6.45, 7) is 0. The van der Waals surface area contributed by atoms with Crippen molar-refractivity contribution in [3.63, 3.8) is 0 Å². The monoisotopic (exact) mass is 526 g/mol. The number of rotatable bonds is 5. The van der Waals surface area contributed by atoms with Gasteiger partial charge in [-0.3, -0.25) is 25.0 Å². The van der Waals surface area contributed by atoms with E-state index in [0.717, 1.165) is 16.8 Å². The number of phenols is 1. The van der Waals surface area contributed by atoms with Gasteiger partial charge in [0.15, 0.2) is 5.76 Å². The molecule has 1 amide bonds. The van der Waals surface area contributed by atoms with Crippen LogP contribution < -0.4 is 5.43 Å². The Balaban J connectivity index is 1.86. The van der Waals surface area contributed by atoms with Gasteiger partial charge in [-0.05, 0) is 34.1 Å². The van der Waals surface area contributed by atoms with E-state index in [-0.39, 0.29) is 11.3 Å². The second-order valence-electron chi connectivity index (χ2n) is 5.53. The number of nitro groups is 2. The van der Waals surface area contributed by atoms with Gasteiger partial charge < -0.3 is 9.52 Å². The second-order valence-corrected chi connectivity index (χ2v) is 7.30. The first-order valence-corrected chi connectivity index (χ1v) is 9.13. The number of aromatic hydroxyl groups is 1. The van der Waals surface area contributed by atoms with E-state index < -0.39 is 32.9 Å². The summed E-state index contributed by atoms with van der Waals surface area (Å²) in [6.07, 6.45) is 0.850. The van der Waals surface area contributed by atoms with Crippen LogP contribution >= 0.6 is 31.9 Å². The van der Waals surface area contributed by atoms with E-state index >= 15 is 0 Å². The first-order chi connectivity index (χ1) is 13.7. The number of carbonyl (C=O) groups excluding carboxylic acids is 1. The van der Waals surface area contributed by atoms with Crippen LogP contribution in [0.2, 0.25) is 0 Å². The highest BCUT2D eigenvalue weighted by Crippen LogP contribution is 2.33. The van der Waals surface area contributed by atoms with Crippen molar-refractivity contribution in [2.45, 2.75) is 0 Å². The number of hydrazone groups is 1. The second kappa shape index (κ2) is 7.97. The van der Waals surface area contributed by atoms with E-state index in [2.05, 4.69) is 42.4 Å². The van der Waals surface area contributed by atoms with Crippen molar-refractivity contribution in [2.75, 3.05) is 0 Å². The molecule has 0 aliphatic carbocycles. The zero-order chi connectivity index (χ0) is 21.3. The van der Waals surface area contributed by atoms with Gasteiger partial charge in [-0.1, -0.05) is 15.9 Å². The molecule has 2 N–H and O–H groups in total. The van der Waals surface area contributed by atoms with Crippen LogP contribution in [0, 0.1) is 20.2 Å². The molecule has 0 spiro atoms. The van der Waals surface area contributed by atoms with E-state index in [1.54, 1.807) is 12.1 Å². The fourth-order valence-electron chi connectivity index (χ4n) is 2.37. The Labute approximate surface area is 177 Å². The molecule has 1 aromatic heterocycles. The summed E-state index contributed by atoms with van der Waals surface area (Å²) in [4.78, 5) is 32.2. The average molecular weight is 528 g/mol. The molecule has 0 bridgehead atoms. The highest BCUT2D eigenvalue weighted by molar-refractivity contribution is 9.11. The van der Waals surface area contributed by atoms with Crippen LogP contribution in [0.4, 0.5) is 11.4 Å². The van der Waals surface area contributed by atoms with E-state index in [1.165, 1.54) is 6.07 Å². The number of benzene rings is 2. The van der Waals surface area contributed by atoms with Gasteiger partial charge in [0.25, 0.3) is 5.69 Å². The van der Waals surface area contributed by atoms with Crippen LogP contribution in [0.25, 0.3) is 11.0 Å². The summed E-state index contributed by atoms with van der Waals surface area (Å²) in [5.41, 5.74) is 0.771. The minimum absolute atomic E-state index is 0.0646. The van der Waals surface area contributed by atoms with Crippen molar-refractivity contribution in [1.82, 2.24) is 5.43 Å². The van der Waals surface area contributed by atoms with Crippen LogP contribution in [0.1, 0.15) is 16.1 Å². The molecule has 0 aliphatic heterocycles. The Hall–Kier alpha value is -3.32. The number of non-ortho nitro benzene ring substituents is 1. The average Bonchev–Trinajstić information content (AvgIpc) is 3.07. The molecule has 0 saturated carbocycles. The molecule has 3 aromatic rings. The summed E-state index contributed by atoms with van der Waals surface area (Å²) < 4.78 is 6.85. The first kappa shape index (κ1) is 20.4. The molecule has 3 rings (SSSR count). The van der Waals surface area contributed by atoms with Gasteiger partial charge in [0, 0.05) is 15.9 Å². The summed E-state index contributed by atoms with van der Waals surface area (Å²) in [7, 11) is 0. The molecule has 11 nitrogen and oxygen atoms in total. The number of amides is 1. The predicted octanol–water partition coefficient (Wildman–Crippen LogP) is 4.24. The molecule has 1 heterocycles. The Morgan fingerprint density at radius 1 is 1.14 bits per heavy atom. The highest BCUT2D eigenvalue weighted by Gasteiger charge is 2.23. The largest absolute Gasteiger partial charge is 0.502 e. The first-order valence-electron chi connectivity index (χ1n) is 7.55. The lowest BCUT2D eigenvalue weighted by Crippen LogP contribution is -2.16. The number of carbonyl (C=O) groups is 1. The lowest BCUT2D eigenvalue weighted by Gasteiger charge is -2.01. The van der Waals surface area contributed by atoms with E-state index in [1.807, 2.05) is 0 Å². The number of phenolic OH excluding ortho intramolecular Hbond substituents is 1. The third-order valence-electron chi connectivity index (χ3n) is 3.64. The van der Waals surface area contributed by atoms with Crippen molar-refractivity contribution in [3.05, 3.63) is 70.8 Å². The van der Waals surface area contributed by atoms with Crippen LogP contribution in [0.5, 0.6) is 5.75 Å². The van der Waals surface area contributed by atoms with Gasteiger partial charge in [-0.25, -0.2) is 5.43 Å². The molecule has 13 heteroatoms. The molecule has 0 atom stereocenters. The van der Waals surface area contributed by atoms with Gasteiger partial charge in [-0.15, -0.1) is 0 Å². The number of furan rings is 1. The third kappa shape index (κ3) is 4.25. The number of hydrogen-bond donors (Lipinski definition) is 2. The van der Waals surface area contributed by atoms with Crippen molar-refractivity contribution in [2.24, 2.45) is 5.10 Å². The molecule has 0 unspecified atom stereocenters. The van der Waals surface area contributed by atoms with Crippen LogP contribution in [-0.2, 0) is 0 Å². The SMILES string of the molecule is O=C(N/N=C\c1cc([N+](=O)[O-])cc([N+](=O)[O-])c1O)c1cc2cc(Br)cc(Br)c2o1. The lowest BCUT2D eigenvalue weighted by atomic mass is 10.1. The standard InChI is InChI=1S/C16H8Br2N4O7/c17-9-1-7-3-13(29-15(7)11(18)4-9)16(24)20-19-6-8-2-10(21(25)26)5-12(14(8)23)22(27)28/h1-6,23H,(H,20,24)/b19-6-. The van der Waals surface area contributed by atoms with Crippen LogP contribution in [-0.4, -0.2) is 27.1 Å². The molecular weight excluding hydrogens is 520 g/mol. The Kier molecular flexibility index (Phi) is 5.61. The number of fused-ring (bicyclic) bond motifs is 1. The number of nitrogens with one attached hydrogen (secondary N) is 1. The normalized spacial score (nSPS) is 11.1. The van der Waals surface area contributed by atoms with Gasteiger partial charge in [0.05, 0.1) is 32.2 Å². The fourth-order valence-corrected chi connectivity index (χ4v) is 3.71. The Morgan fingerprint density at radius 3 is 2.52 bits per heavy atom. The minimum atomic E-state index is -0.970. The number of nitrogens with zero attached hydrogens (tertiary/aromatic N) is 3. The number of nitro benzene ring substituents is 2. The third-order valence-corrected chi connectivity index (χ3v) is 4.69. The lowest BCUT2D eigenvalue weighted by molar-refractivity contribution is -0.394. The summed E-state index contributed by atoms with van der Waals surface area (Å²) >= 11 is 6.64. The summed E-state index contributed by atoms with van der Waals surface area (Å²) in [5.74, 6) is -1.62. The van der Waals surface area contributed by atoms with E-state index in [9.17, 15) is 30.1 Å². The number of hydrogen-bond acceptors (Lipinski definition) is 8. The Morgan fingerprint density at radius 2 is 1.86 bits per heavy atom. The molecular formula is C16H8Br2N4O7. The summed E-state index contributed by atoms with van der Waals surface area (Å²) in [6, 6.07) is 6.46. The molecule has 0 radical (unpaired) electrons. The molecule has 29 heavy (non-hydrogen) atoms. The maximum atomic E-state index is 12.2. The van der Waals surface area contributed by atoms with Gasteiger partial charge in [0.2, 0.25) is 5.75 Å².